The highest BCUT2D eigenvalue weighted by atomic mass is 16.7. The molecule has 9 nitrogen and oxygen atoms in total. The molecule has 0 bridgehead atoms. The van der Waals surface area contributed by atoms with Gasteiger partial charge in [0.05, 0.1) is 25.4 Å². The first kappa shape index (κ1) is 68.9. The Morgan fingerprint density at radius 3 is 1.30 bits per heavy atom. The maximum atomic E-state index is 13.1. The van der Waals surface area contributed by atoms with Gasteiger partial charge in [0.2, 0.25) is 5.91 Å². The molecule has 1 aliphatic heterocycles. The van der Waals surface area contributed by atoms with Crippen molar-refractivity contribution < 1.29 is 39.8 Å². The molecule has 1 heterocycles. The zero-order valence-corrected chi connectivity index (χ0v) is 47.1. The number of carbonyl (C=O) groups excluding carboxylic acids is 1. The van der Waals surface area contributed by atoms with Crippen LogP contribution in [0.15, 0.2) is 109 Å². The lowest BCUT2D eigenvalue weighted by Gasteiger charge is -2.40. The van der Waals surface area contributed by atoms with Crippen LogP contribution in [0.1, 0.15) is 239 Å². The maximum Gasteiger partial charge on any atom is 0.220 e. The molecule has 9 heteroatoms. The summed E-state index contributed by atoms with van der Waals surface area (Å²) in [6.45, 7) is 3.63. The molecular weight excluding hydrogens is 923 g/mol. The standard InChI is InChI=1S/C65H111NO8/c1-3-5-7-9-11-13-15-17-19-21-23-25-27-28-29-30-31-33-34-36-38-40-42-44-46-48-50-52-54-59(68)58(57-73-65-64(72)63(71)62(70)60(56-67)74-65)66-61(69)55-53-51-49-47-45-43-41-39-37-35-32-26-24-22-20-18-16-14-12-10-8-6-4-2/h6,8,12,14,18,20,24,26,35-38,41,43-44,46,52,54,58-60,62-65,67-68,70-72H,3-5,7,9-11,13,15-17,19,21-23,25,27-34,39-40,42,45,47-51,53,55-57H2,1-2H3,(H,66,69)/b8-6-,14-12-,20-18-,26-24-,37-35-,38-36+,43-41-,46-44+,54-52+. The molecule has 0 aromatic rings. The van der Waals surface area contributed by atoms with Crippen LogP contribution >= 0.6 is 0 Å². The van der Waals surface area contributed by atoms with Gasteiger partial charge in [-0.25, -0.2) is 0 Å². The minimum Gasteiger partial charge on any atom is -0.394 e. The van der Waals surface area contributed by atoms with Gasteiger partial charge < -0.3 is 40.3 Å². The summed E-state index contributed by atoms with van der Waals surface area (Å²) in [5, 5.41) is 54.5. The van der Waals surface area contributed by atoms with Crippen molar-refractivity contribution in [3.63, 3.8) is 0 Å². The van der Waals surface area contributed by atoms with Crippen molar-refractivity contribution in [3.8, 4) is 0 Å². The number of hydrogen-bond donors (Lipinski definition) is 6. The molecule has 0 aromatic carbocycles. The van der Waals surface area contributed by atoms with Crippen LogP contribution in [0.2, 0.25) is 0 Å². The molecule has 7 unspecified atom stereocenters. The number of ether oxygens (including phenoxy) is 2. The maximum absolute atomic E-state index is 13.1. The Kier molecular flexibility index (Phi) is 49.6. The highest BCUT2D eigenvalue weighted by molar-refractivity contribution is 5.76. The van der Waals surface area contributed by atoms with E-state index in [4.69, 9.17) is 9.47 Å². The van der Waals surface area contributed by atoms with Gasteiger partial charge in [-0.05, 0) is 96.3 Å². The number of hydrogen-bond acceptors (Lipinski definition) is 8. The van der Waals surface area contributed by atoms with E-state index < -0.39 is 49.5 Å². The quantitative estimate of drug-likeness (QED) is 0.0261. The Balaban J connectivity index is 2.28. The molecule has 74 heavy (non-hydrogen) atoms. The van der Waals surface area contributed by atoms with Gasteiger partial charge in [-0.1, -0.05) is 245 Å². The van der Waals surface area contributed by atoms with E-state index in [9.17, 15) is 30.3 Å². The van der Waals surface area contributed by atoms with Gasteiger partial charge >= 0.3 is 0 Å². The van der Waals surface area contributed by atoms with Crippen molar-refractivity contribution in [2.24, 2.45) is 0 Å². The molecule has 6 N–H and O–H groups in total. The van der Waals surface area contributed by atoms with Crippen LogP contribution in [-0.4, -0.2) is 87.5 Å². The number of rotatable bonds is 50. The lowest BCUT2D eigenvalue weighted by Crippen LogP contribution is -2.60. The van der Waals surface area contributed by atoms with Crippen LogP contribution in [0.3, 0.4) is 0 Å². The number of aliphatic hydroxyl groups is 5. The Hall–Kier alpha value is -3.15. The summed E-state index contributed by atoms with van der Waals surface area (Å²) < 4.78 is 11.2. The van der Waals surface area contributed by atoms with Crippen LogP contribution in [0.5, 0.6) is 0 Å². The highest BCUT2D eigenvalue weighted by Crippen LogP contribution is 2.23. The molecule has 0 saturated carbocycles. The molecular formula is C65H111NO8. The van der Waals surface area contributed by atoms with Crippen molar-refractivity contribution >= 4 is 5.91 Å². The predicted octanol–water partition coefficient (Wildman–Crippen LogP) is 15.3. The SMILES string of the molecule is CC/C=C\C/C=C\C/C=C\C/C=C\C/C=C\C/C=C\CCCCCCC(=O)NC(COC1OC(CO)C(O)C(O)C1O)C(O)/C=C/CC/C=C/CC/C=C/CCCCCCCCCCCCCCCCCCCC. The van der Waals surface area contributed by atoms with Crippen LogP contribution < -0.4 is 5.32 Å². The number of aliphatic hydroxyl groups excluding tert-OH is 5. The topological polar surface area (TPSA) is 149 Å². The Morgan fingerprint density at radius 1 is 0.473 bits per heavy atom. The molecule has 1 amide bonds. The Labute approximate surface area is 453 Å². The normalized spacial score (nSPS) is 19.8. The van der Waals surface area contributed by atoms with Gasteiger partial charge in [0.1, 0.15) is 24.4 Å². The molecule has 1 saturated heterocycles. The van der Waals surface area contributed by atoms with Gasteiger partial charge in [-0.3, -0.25) is 4.79 Å². The molecule has 1 aliphatic rings. The molecule has 424 valence electrons. The van der Waals surface area contributed by atoms with Gasteiger partial charge in [-0.15, -0.1) is 0 Å². The Morgan fingerprint density at radius 2 is 0.851 bits per heavy atom. The second-order valence-corrected chi connectivity index (χ2v) is 20.4. The molecule has 0 radical (unpaired) electrons. The fraction of sp³-hybridized carbons (Fsp3) is 0.708. The van der Waals surface area contributed by atoms with E-state index in [0.29, 0.717) is 12.8 Å². The van der Waals surface area contributed by atoms with Gasteiger partial charge in [0.25, 0.3) is 0 Å². The molecule has 7 atom stereocenters. The molecule has 0 aromatic heterocycles. The van der Waals surface area contributed by atoms with Crippen LogP contribution in [0, 0.1) is 0 Å². The first-order valence-electron chi connectivity index (χ1n) is 30.1. The molecule has 1 fully saturated rings. The average Bonchev–Trinajstić information content (AvgIpc) is 3.40. The lowest BCUT2D eigenvalue weighted by atomic mass is 9.99. The zero-order valence-electron chi connectivity index (χ0n) is 47.1. The van der Waals surface area contributed by atoms with E-state index in [1.807, 2.05) is 6.08 Å². The van der Waals surface area contributed by atoms with E-state index in [0.717, 1.165) is 96.3 Å². The monoisotopic (exact) mass is 1030 g/mol. The van der Waals surface area contributed by atoms with Crippen molar-refractivity contribution in [1.29, 1.82) is 0 Å². The highest BCUT2D eigenvalue weighted by Gasteiger charge is 2.44. The van der Waals surface area contributed by atoms with E-state index in [1.165, 1.54) is 116 Å². The van der Waals surface area contributed by atoms with E-state index in [2.05, 4.69) is 116 Å². The third-order valence-corrected chi connectivity index (χ3v) is 13.6. The minimum absolute atomic E-state index is 0.218. The van der Waals surface area contributed by atoms with Crippen LogP contribution in [0.4, 0.5) is 0 Å². The first-order chi connectivity index (χ1) is 36.3. The summed E-state index contributed by atoms with van der Waals surface area (Å²) in [5.41, 5.74) is 0. The fourth-order valence-electron chi connectivity index (χ4n) is 8.84. The summed E-state index contributed by atoms with van der Waals surface area (Å²) >= 11 is 0. The number of carbonyl (C=O) groups is 1. The van der Waals surface area contributed by atoms with Gasteiger partial charge in [0.15, 0.2) is 6.29 Å². The summed E-state index contributed by atoms with van der Waals surface area (Å²) in [4.78, 5) is 13.1. The van der Waals surface area contributed by atoms with Gasteiger partial charge in [0, 0.05) is 6.42 Å². The second kappa shape index (κ2) is 53.3. The van der Waals surface area contributed by atoms with Gasteiger partial charge in [-0.2, -0.15) is 0 Å². The average molecular weight is 1030 g/mol. The van der Waals surface area contributed by atoms with Crippen molar-refractivity contribution in [3.05, 3.63) is 109 Å². The third-order valence-electron chi connectivity index (χ3n) is 13.6. The largest absolute Gasteiger partial charge is 0.394 e. The zero-order chi connectivity index (χ0) is 53.6. The smallest absolute Gasteiger partial charge is 0.220 e. The van der Waals surface area contributed by atoms with E-state index in [1.54, 1.807) is 6.08 Å². The number of nitrogens with one attached hydrogen (secondary N) is 1. The fourth-order valence-corrected chi connectivity index (χ4v) is 8.84. The van der Waals surface area contributed by atoms with E-state index >= 15 is 0 Å². The van der Waals surface area contributed by atoms with Crippen molar-refractivity contribution in [2.75, 3.05) is 13.2 Å². The summed E-state index contributed by atoms with van der Waals surface area (Å²) in [7, 11) is 0. The van der Waals surface area contributed by atoms with Crippen molar-refractivity contribution in [1.82, 2.24) is 5.32 Å². The van der Waals surface area contributed by atoms with Crippen molar-refractivity contribution in [2.45, 2.75) is 281 Å². The molecule has 0 spiro atoms. The first-order valence-corrected chi connectivity index (χ1v) is 30.1. The molecule has 1 rings (SSSR count). The van der Waals surface area contributed by atoms with E-state index in [-0.39, 0.29) is 12.5 Å². The number of unbranched alkanes of at least 4 members (excludes halogenated alkanes) is 24. The Bertz CT molecular complexity index is 1530. The minimum atomic E-state index is -1.59. The number of allylic oxidation sites excluding steroid dienone is 17. The third kappa shape index (κ3) is 42.0. The number of amides is 1. The lowest BCUT2D eigenvalue weighted by molar-refractivity contribution is -0.302. The summed E-state index contributed by atoms with van der Waals surface area (Å²) in [6.07, 6.45) is 71.6. The summed E-state index contributed by atoms with van der Waals surface area (Å²) in [5.74, 6) is -0.218. The van der Waals surface area contributed by atoms with Crippen LogP contribution in [-0.2, 0) is 14.3 Å². The second-order valence-electron chi connectivity index (χ2n) is 20.4. The predicted molar refractivity (Wildman–Crippen MR) is 313 cm³/mol. The summed E-state index contributed by atoms with van der Waals surface area (Å²) in [6, 6.07) is -0.851. The molecule has 0 aliphatic carbocycles. The van der Waals surface area contributed by atoms with Crippen LogP contribution in [0.25, 0.3) is 0 Å².